The lowest BCUT2D eigenvalue weighted by atomic mass is 9.94. The normalized spacial score (nSPS) is 13.3. The van der Waals surface area contributed by atoms with Crippen molar-refractivity contribution in [1.82, 2.24) is 0 Å². The van der Waals surface area contributed by atoms with Gasteiger partial charge in [0.2, 0.25) is 0 Å². The molecule has 0 saturated heterocycles. The van der Waals surface area contributed by atoms with Gasteiger partial charge < -0.3 is 14.5 Å². The second-order valence-corrected chi connectivity index (χ2v) is 5.48. The molecule has 3 rings (SSSR count). The quantitative estimate of drug-likeness (QED) is 0.625. The van der Waals surface area contributed by atoms with E-state index in [2.05, 4.69) is 0 Å². The highest BCUT2D eigenvalue weighted by Crippen LogP contribution is 2.40. The van der Waals surface area contributed by atoms with Gasteiger partial charge in [-0.25, -0.2) is 9.59 Å². The molecule has 2 aromatic carbocycles. The number of rotatable bonds is 2. The Labute approximate surface area is 122 Å². The first-order valence-electron chi connectivity index (χ1n) is 6.62. The van der Waals surface area contributed by atoms with E-state index in [1.165, 1.54) is 0 Å². The van der Waals surface area contributed by atoms with Crippen LogP contribution >= 0.6 is 0 Å². The van der Waals surface area contributed by atoms with Crippen LogP contribution in [0.5, 0.6) is 0 Å². The first kappa shape index (κ1) is 13.4. The predicted octanol–water partition coefficient (Wildman–Crippen LogP) is 2.28. The highest BCUT2D eigenvalue weighted by Gasteiger charge is 2.29. The van der Waals surface area contributed by atoms with Crippen molar-refractivity contribution in [3.63, 3.8) is 0 Å². The zero-order valence-corrected chi connectivity index (χ0v) is 12.4. The van der Waals surface area contributed by atoms with Gasteiger partial charge >= 0.3 is 11.9 Å². The van der Waals surface area contributed by atoms with E-state index in [9.17, 15) is 9.59 Å². The molecule has 0 radical (unpaired) electrons. The van der Waals surface area contributed by atoms with Crippen LogP contribution in [0.1, 0.15) is 20.7 Å². The van der Waals surface area contributed by atoms with Crippen molar-refractivity contribution in [3.8, 4) is 0 Å². The Bertz CT molecular complexity index is 718. The average molecular weight is 284 g/mol. The molecule has 0 unspecified atom stereocenters. The lowest BCUT2D eigenvalue weighted by Crippen LogP contribution is -2.22. The summed E-state index contributed by atoms with van der Waals surface area (Å²) in [5.41, 5.74) is 2.80. The number of anilines is 2. The molecule has 0 atom stereocenters. The van der Waals surface area contributed by atoms with E-state index in [4.69, 9.17) is 4.74 Å². The molecule has 0 saturated carbocycles. The van der Waals surface area contributed by atoms with Crippen LogP contribution in [0.3, 0.4) is 0 Å². The maximum Gasteiger partial charge on any atom is 0.346 e. The van der Waals surface area contributed by atoms with Gasteiger partial charge in [0.25, 0.3) is 0 Å². The van der Waals surface area contributed by atoms with Gasteiger partial charge in [0.05, 0.1) is 11.1 Å². The maximum atomic E-state index is 12.0. The second-order valence-electron chi connectivity index (χ2n) is 5.48. The molecular weight excluding hydrogens is 268 g/mol. The summed E-state index contributed by atoms with van der Waals surface area (Å²) in [4.78, 5) is 27.9. The molecule has 1 heterocycles. The summed E-state index contributed by atoms with van der Waals surface area (Å²) in [5, 5.41) is 1.57. The number of carbonyl (C=O) groups excluding carboxylic acids is 2. The third-order valence-electron chi connectivity index (χ3n) is 3.71. The van der Waals surface area contributed by atoms with E-state index in [-0.39, 0.29) is 0 Å². The van der Waals surface area contributed by atoms with Gasteiger partial charge in [-0.2, -0.15) is 0 Å². The summed E-state index contributed by atoms with van der Waals surface area (Å²) in [6.07, 6.45) is 0. The molecule has 21 heavy (non-hydrogen) atoms. The molecule has 5 heteroatoms. The topological polar surface area (TPSA) is 49.9 Å². The van der Waals surface area contributed by atoms with Crippen molar-refractivity contribution in [2.45, 2.75) is 0 Å². The molecule has 0 spiro atoms. The molecule has 108 valence electrons. The van der Waals surface area contributed by atoms with Crippen LogP contribution in [0.4, 0.5) is 11.4 Å². The number of ether oxygens (including phenoxy) is 1. The average Bonchev–Trinajstić information content (AvgIpc) is 2.43. The van der Waals surface area contributed by atoms with E-state index in [0.29, 0.717) is 16.5 Å². The second kappa shape index (κ2) is 4.48. The van der Waals surface area contributed by atoms with Crippen molar-refractivity contribution in [2.75, 3.05) is 38.0 Å². The molecule has 1 aliphatic heterocycles. The summed E-state index contributed by atoms with van der Waals surface area (Å²) in [7, 11) is 7.75. The Morgan fingerprint density at radius 1 is 0.714 bits per heavy atom. The van der Waals surface area contributed by atoms with E-state index in [1.807, 2.05) is 50.1 Å². The standard InChI is InChI=1S/C16H16N2O3/c1-17(2)11-7-5-9-13-10(16(20)21-15(9)19)6-8-12(14(11)13)18(3)4/h5-8H,1-4H3. The van der Waals surface area contributed by atoms with Gasteiger partial charge in [-0.15, -0.1) is 0 Å². The molecule has 0 aromatic heterocycles. The number of hydrogen-bond acceptors (Lipinski definition) is 5. The van der Waals surface area contributed by atoms with Crippen LogP contribution in [0.2, 0.25) is 0 Å². The Hall–Kier alpha value is -2.56. The molecule has 1 aliphatic rings. The monoisotopic (exact) mass is 284 g/mol. The third-order valence-corrected chi connectivity index (χ3v) is 3.71. The Morgan fingerprint density at radius 3 is 1.52 bits per heavy atom. The van der Waals surface area contributed by atoms with Gasteiger partial charge in [-0.05, 0) is 24.3 Å². The number of nitrogens with zero attached hydrogens (tertiary/aromatic N) is 2. The fourth-order valence-electron chi connectivity index (χ4n) is 2.74. The molecule has 0 aliphatic carbocycles. The Balaban J connectivity index is 2.54. The number of esters is 2. The van der Waals surface area contributed by atoms with Crippen molar-refractivity contribution in [3.05, 3.63) is 35.4 Å². The fourth-order valence-corrected chi connectivity index (χ4v) is 2.74. The summed E-state index contributed by atoms with van der Waals surface area (Å²) in [5.74, 6) is -1.17. The largest absolute Gasteiger partial charge is 0.386 e. The van der Waals surface area contributed by atoms with Crippen molar-refractivity contribution in [2.24, 2.45) is 0 Å². The van der Waals surface area contributed by atoms with E-state index in [1.54, 1.807) is 12.1 Å². The van der Waals surface area contributed by atoms with Crippen molar-refractivity contribution in [1.29, 1.82) is 0 Å². The minimum atomic E-state index is -0.585. The molecule has 2 aromatic rings. The smallest absolute Gasteiger partial charge is 0.346 e. The van der Waals surface area contributed by atoms with Gasteiger partial charge in [0, 0.05) is 50.3 Å². The number of benzene rings is 2. The van der Waals surface area contributed by atoms with Crippen LogP contribution < -0.4 is 9.80 Å². The minimum Gasteiger partial charge on any atom is -0.386 e. The zero-order valence-electron chi connectivity index (χ0n) is 12.4. The lowest BCUT2D eigenvalue weighted by molar-refractivity contribution is 0.0391. The number of carbonyl (C=O) groups is 2. The van der Waals surface area contributed by atoms with Crippen LogP contribution in [-0.4, -0.2) is 40.1 Å². The molecule has 0 bridgehead atoms. The van der Waals surface area contributed by atoms with Crippen molar-refractivity contribution < 1.29 is 14.3 Å². The van der Waals surface area contributed by atoms with Gasteiger partial charge in [0.1, 0.15) is 0 Å². The maximum absolute atomic E-state index is 12.0. The summed E-state index contributed by atoms with van der Waals surface area (Å²) < 4.78 is 4.80. The van der Waals surface area contributed by atoms with E-state index in [0.717, 1.165) is 16.8 Å². The summed E-state index contributed by atoms with van der Waals surface area (Å²) in [6, 6.07) is 7.20. The van der Waals surface area contributed by atoms with Crippen LogP contribution in [0, 0.1) is 0 Å². The third kappa shape index (κ3) is 1.85. The first-order valence-corrected chi connectivity index (χ1v) is 6.62. The SMILES string of the molecule is CN(C)c1ccc2c3c(ccc(N(C)C)c13)C(=O)OC2=O. The van der Waals surface area contributed by atoms with Gasteiger partial charge in [-0.1, -0.05) is 0 Å². The highest BCUT2D eigenvalue weighted by molar-refractivity contribution is 6.24. The summed E-state index contributed by atoms with van der Waals surface area (Å²) in [6.45, 7) is 0. The number of cyclic esters (lactones) is 2. The molecular formula is C16H16N2O3. The van der Waals surface area contributed by atoms with Crippen LogP contribution in [0.15, 0.2) is 24.3 Å². The van der Waals surface area contributed by atoms with E-state index < -0.39 is 11.9 Å². The predicted molar refractivity (Wildman–Crippen MR) is 82.3 cm³/mol. The van der Waals surface area contributed by atoms with Gasteiger partial charge in [0.15, 0.2) is 0 Å². The molecule has 0 fully saturated rings. The number of hydrogen-bond donors (Lipinski definition) is 0. The molecule has 0 amide bonds. The van der Waals surface area contributed by atoms with Crippen LogP contribution in [-0.2, 0) is 4.74 Å². The van der Waals surface area contributed by atoms with E-state index >= 15 is 0 Å². The van der Waals surface area contributed by atoms with Crippen LogP contribution in [0.25, 0.3) is 10.8 Å². The Morgan fingerprint density at radius 2 is 1.14 bits per heavy atom. The minimum absolute atomic E-state index is 0.439. The Kier molecular flexibility index (Phi) is 2.86. The lowest BCUT2D eigenvalue weighted by Gasteiger charge is -2.25. The highest BCUT2D eigenvalue weighted by atomic mass is 16.6. The first-order chi connectivity index (χ1) is 9.91. The zero-order chi connectivity index (χ0) is 15.3. The fraction of sp³-hybridized carbons (Fsp3) is 0.250. The van der Waals surface area contributed by atoms with Gasteiger partial charge in [-0.3, -0.25) is 0 Å². The summed E-state index contributed by atoms with van der Waals surface area (Å²) >= 11 is 0. The van der Waals surface area contributed by atoms with Crippen molar-refractivity contribution >= 4 is 34.1 Å². The molecule has 5 nitrogen and oxygen atoms in total. The molecule has 0 N–H and O–H groups in total.